The minimum absolute atomic E-state index is 0.0570. The van der Waals surface area contributed by atoms with Gasteiger partial charge in [0.1, 0.15) is 5.65 Å². The molecule has 2 aromatic heterocycles. The maximum atomic E-state index is 11.8. The standard InChI is InChI=1S/C22H28N4O/c1-19(9-7-14-23-2)11-12-21(27)24-15-5-3-4-6-17-26-18-13-20-10-8-16-25-22(20)26/h7-14,16,18H,2-6,15,17H2,1H3,(H,24,27)/b12-11+,14-7-,19-9+. The highest BCUT2D eigenvalue weighted by Gasteiger charge is 2.01. The molecule has 0 aliphatic heterocycles. The van der Waals surface area contributed by atoms with Gasteiger partial charge in [-0.15, -0.1) is 0 Å². The molecule has 0 unspecified atom stereocenters. The molecule has 5 heteroatoms. The van der Waals surface area contributed by atoms with Gasteiger partial charge in [-0.2, -0.15) is 0 Å². The molecule has 0 atom stereocenters. The lowest BCUT2D eigenvalue weighted by Crippen LogP contribution is -2.22. The first kappa shape index (κ1) is 20.4. The Morgan fingerprint density at radius 2 is 2.11 bits per heavy atom. The van der Waals surface area contributed by atoms with Crippen LogP contribution in [0.1, 0.15) is 32.6 Å². The fourth-order valence-electron chi connectivity index (χ4n) is 2.75. The molecule has 142 valence electrons. The van der Waals surface area contributed by atoms with Crippen LogP contribution in [-0.2, 0) is 11.3 Å². The molecule has 5 nitrogen and oxygen atoms in total. The van der Waals surface area contributed by atoms with Crippen LogP contribution in [0.5, 0.6) is 0 Å². The molecule has 0 fully saturated rings. The second-order valence-electron chi connectivity index (χ2n) is 6.40. The summed E-state index contributed by atoms with van der Waals surface area (Å²) in [4.78, 5) is 19.8. The van der Waals surface area contributed by atoms with Crippen LogP contribution in [0, 0.1) is 0 Å². The maximum absolute atomic E-state index is 11.8. The molecule has 0 bridgehead atoms. The predicted octanol–water partition coefficient (Wildman–Crippen LogP) is 4.43. The van der Waals surface area contributed by atoms with Crippen molar-refractivity contribution in [1.82, 2.24) is 14.9 Å². The van der Waals surface area contributed by atoms with Crippen molar-refractivity contribution < 1.29 is 4.79 Å². The smallest absolute Gasteiger partial charge is 0.243 e. The Bertz CT molecular complexity index is 830. The number of aryl methyl sites for hydroxylation is 1. The number of nitrogens with one attached hydrogen (secondary N) is 1. The van der Waals surface area contributed by atoms with E-state index in [-0.39, 0.29) is 5.91 Å². The van der Waals surface area contributed by atoms with Gasteiger partial charge in [0.15, 0.2) is 0 Å². The molecule has 0 saturated heterocycles. The number of pyridine rings is 1. The van der Waals surface area contributed by atoms with Crippen molar-refractivity contribution in [3.05, 3.63) is 66.7 Å². The van der Waals surface area contributed by atoms with E-state index in [1.54, 1.807) is 24.4 Å². The van der Waals surface area contributed by atoms with E-state index in [4.69, 9.17) is 0 Å². The molecule has 0 radical (unpaired) electrons. The van der Waals surface area contributed by atoms with E-state index in [2.05, 4.69) is 44.9 Å². The van der Waals surface area contributed by atoms with Gasteiger partial charge in [0.05, 0.1) is 0 Å². The van der Waals surface area contributed by atoms with Gasteiger partial charge in [0, 0.05) is 43.1 Å². The first-order valence-electron chi connectivity index (χ1n) is 9.36. The first-order chi connectivity index (χ1) is 13.2. The van der Waals surface area contributed by atoms with E-state index in [1.807, 2.05) is 25.3 Å². The number of unbranched alkanes of at least 4 members (excludes halogenated alkanes) is 3. The Balaban J connectivity index is 1.56. The maximum Gasteiger partial charge on any atom is 0.243 e. The lowest BCUT2D eigenvalue weighted by Gasteiger charge is -2.05. The number of amides is 1. The predicted molar refractivity (Wildman–Crippen MR) is 113 cm³/mol. The lowest BCUT2D eigenvalue weighted by atomic mass is 10.2. The molecule has 2 rings (SSSR count). The monoisotopic (exact) mass is 364 g/mol. The summed E-state index contributed by atoms with van der Waals surface area (Å²) in [5.74, 6) is -0.0570. The second-order valence-corrected chi connectivity index (χ2v) is 6.40. The zero-order valence-corrected chi connectivity index (χ0v) is 16.0. The molecule has 0 spiro atoms. The van der Waals surface area contributed by atoms with Gasteiger partial charge < -0.3 is 9.88 Å². The number of aromatic nitrogens is 2. The molecule has 2 heterocycles. The number of hydrogen-bond donors (Lipinski definition) is 1. The number of aliphatic imine (C=N–C) groups is 1. The number of carbonyl (C=O) groups excluding carboxylic acids is 1. The van der Waals surface area contributed by atoms with Gasteiger partial charge in [-0.05, 0) is 50.8 Å². The Morgan fingerprint density at radius 1 is 1.26 bits per heavy atom. The van der Waals surface area contributed by atoms with Crippen LogP contribution < -0.4 is 5.32 Å². The third kappa shape index (κ3) is 7.44. The van der Waals surface area contributed by atoms with Gasteiger partial charge in [-0.25, -0.2) is 4.98 Å². The molecule has 27 heavy (non-hydrogen) atoms. The Kier molecular flexibility index (Phi) is 8.77. The number of carbonyl (C=O) groups is 1. The number of fused-ring (bicyclic) bond motifs is 1. The van der Waals surface area contributed by atoms with Crippen LogP contribution in [-0.4, -0.2) is 28.7 Å². The highest BCUT2D eigenvalue weighted by atomic mass is 16.1. The summed E-state index contributed by atoms with van der Waals surface area (Å²) in [6.45, 7) is 6.99. The minimum Gasteiger partial charge on any atom is -0.353 e. The Labute approximate surface area is 161 Å². The Hall–Kier alpha value is -2.95. The molecule has 0 aliphatic carbocycles. The van der Waals surface area contributed by atoms with Crippen LogP contribution >= 0.6 is 0 Å². The van der Waals surface area contributed by atoms with Crippen LogP contribution in [0.4, 0.5) is 0 Å². The van der Waals surface area contributed by atoms with Gasteiger partial charge >= 0.3 is 0 Å². The zero-order chi connectivity index (χ0) is 19.3. The largest absolute Gasteiger partial charge is 0.353 e. The van der Waals surface area contributed by atoms with Gasteiger partial charge in [-0.3, -0.25) is 9.79 Å². The molecule has 2 aromatic rings. The van der Waals surface area contributed by atoms with Crippen molar-refractivity contribution in [2.75, 3.05) is 6.54 Å². The average Bonchev–Trinajstić information content (AvgIpc) is 3.09. The van der Waals surface area contributed by atoms with Gasteiger partial charge in [0.25, 0.3) is 0 Å². The van der Waals surface area contributed by atoms with Crippen molar-refractivity contribution in [2.24, 2.45) is 4.99 Å². The number of hydrogen-bond acceptors (Lipinski definition) is 3. The van der Waals surface area contributed by atoms with Crippen molar-refractivity contribution >= 4 is 23.7 Å². The third-order valence-corrected chi connectivity index (χ3v) is 4.20. The SMILES string of the molecule is C=N\C=C/C=C(C)/C=C/C(=O)NCCCCCCn1ccc2cccnc21. The minimum atomic E-state index is -0.0570. The summed E-state index contributed by atoms with van der Waals surface area (Å²) in [5, 5.41) is 4.11. The highest BCUT2D eigenvalue weighted by molar-refractivity contribution is 5.87. The second kappa shape index (κ2) is 11.6. The zero-order valence-electron chi connectivity index (χ0n) is 16.0. The van der Waals surface area contributed by atoms with Crippen LogP contribution in [0.25, 0.3) is 11.0 Å². The van der Waals surface area contributed by atoms with Crippen LogP contribution in [0.15, 0.2) is 71.7 Å². The number of rotatable bonds is 11. The quantitative estimate of drug-likeness (QED) is 0.277. The van der Waals surface area contributed by atoms with Crippen molar-refractivity contribution in [3.8, 4) is 0 Å². The fraction of sp³-hybridized carbons (Fsp3) is 0.318. The molecular formula is C22H28N4O. The van der Waals surface area contributed by atoms with E-state index in [9.17, 15) is 4.79 Å². The normalized spacial score (nSPS) is 12.3. The number of nitrogens with zero attached hydrogens (tertiary/aromatic N) is 3. The van der Waals surface area contributed by atoms with E-state index >= 15 is 0 Å². The third-order valence-electron chi connectivity index (χ3n) is 4.20. The molecule has 1 N–H and O–H groups in total. The van der Waals surface area contributed by atoms with Crippen molar-refractivity contribution in [1.29, 1.82) is 0 Å². The van der Waals surface area contributed by atoms with Gasteiger partial charge in [-0.1, -0.05) is 30.6 Å². The summed E-state index contributed by atoms with van der Waals surface area (Å²) < 4.78 is 2.21. The van der Waals surface area contributed by atoms with E-state index in [0.29, 0.717) is 6.54 Å². The van der Waals surface area contributed by atoms with Crippen LogP contribution in [0.3, 0.4) is 0 Å². The summed E-state index contributed by atoms with van der Waals surface area (Å²) >= 11 is 0. The lowest BCUT2D eigenvalue weighted by molar-refractivity contribution is -0.116. The van der Waals surface area contributed by atoms with E-state index in [0.717, 1.165) is 43.4 Å². The molecule has 0 aromatic carbocycles. The number of allylic oxidation sites excluding steroid dienone is 4. The highest BCUT2D eigenvalue weighted by Crippen LogP contribution is 2.13. The Morgan fingerprint density at radius 3 is 2.96 bits per heavy atom. The topological polar surface area (TPSA) is 59.3 Å². The summed E-state index contributed by atoms with van der Waals surface area (Å²) in [6, 6.07) is 6.16. The van der Waals surface area contributed by atoms with E-state index < -0.39 is 0 Å². The van der Waals surface area contributed by atoms with Crippen molar-refractivity contribution in [2.45, 2.75) is 39.2 Å². The van der Waals surface area contributed by atoms with E-state index in [1.165, 1.54) is 5.39 Å². The average molecular weight is 364 g/mol. The van der Waals surface area contributed by atoms with Crippen molar-refractivity contribution in [3.63, 3.8) is 0 Å². The first-order valence-corrected chi connectivity index (χ1v) is 9.36. The fourth-order valence-corrected chi connectivity index (χ4v) is 2.75. The molecule has 0 aliphatic rings. The summed E-state index contributed by atoms with van der Waals surface area (Å²) in [7, 11) is 0. The molecular weight excluding hydrogens is 336 g/mol. The summed E-state index contributed by atoms with van der Waals surface area (Å²) in [5.41, 5.74) is 2.04. The van der Waals surface area contributed by atoms with Gasteiger partial charge in [0.2, 0.25) is 5.91 Å². The molecule has 1 amide bonds. The summed E-state index contributed by atoms with van der Waals surface area (Å²) in [6.07, 6.45) is 16.9. The van der Waals surface area contributed by atoms with Crippen LogP contribution in [0.2, 0.25) is 0 Å². The molecule has 0 saturated carbocycles.